The van der Waals surface area contributed by atoms with Gasteiger partial charge in [0.05, 0.1) is 12.1 Å². The lowest BCUT2D eigenvalue weighted by Crippen LogP contribution is -2.18. The fourth-order valence-electron chi connectivity index (χ4n) is 3.41. The Morgan fingerprint density at radius 2 is 1.59 bits per heavy atom. The summed E-state index contributed by atoms with van der Waals surface area (Å²) in [5, 5.41) is 9.81. The molecule has 2 heterocycles. The predicted molar refractivity (Wildman–Crippen MR) is 118 cm³/mol. The third-order valence-electron chi connectivity index (χ3n) is 4.80. The number of rotatable bonds is 3. The van der Waals surface area contributed by atoms with Gasteiger partial charge >= 0.3 is 5.56 Å². The van der Waals surface area contributed by atoms with Crippen LogP contribution in [0.25, 0.3) is 28.0 Å². The quantitative estimate of drug-likeness (QED) is 0.347. The van der Waals surface area contributed by atoms with Crippen molar-refractivity contribution in [2.75, 3.05) is 0 Å². The molecule has 3 aromatic rings. The van der Waals surface area contributed by atoms with E-state index in [2.05, 4.69) is 32.8 Å². The molecule has 2 aliphatic rings. The summed E-state index contributed by atoms with van der Waals surface area (Å²) in [7, 11) is 0. The first-order valence-electron chi connectivity index (χ1n) is 9.00. The van der Waals surface area contributed by atoms with Gasteiger partial charge in [-0.1, -0.05) is 42.5 Å². The second kappa shape index (κ2) is 7.07. The first kappa shape index (κ1) is 18.0. The predicted octanol–water partition coefficient (Wildman–Crippen LogP) is 4.48. The summed E-state index contributed by atoms with van der Waals surface area (Å²) in [6.45, 7) is 0.512. The molecule has 0 atom stereocenters. The third-order valence-corrected chi connectivity index (χ3v) is 5.52. The van der Waals surface area contributed by atoms with Crippen molar-refractivity contribution in [3.63, 3.8) is 0 Å². The minimum Gasteiger partial charge on any atom is -0.265 e. The molecule has 0 unspecified atom stereocenters. The summed E-state index contributed by atoms with van der Waals surface area (Å²) in [4.78, 5) is 13.0. The largest absolute Gasteiger partial charge is 0.301 e. The highest BCUT2D eigenvalue weighted by Crippen LogP contribution is 2.26. The molecule has 0 saturated carbocycles. The van der Waals surface area contributed by atoms with Crippen molar-refractivity contribution in [2.24, 2.45) is 0 Å². The zero-order chi connectivity index (χ0) is 20.0. The molecule has 0 saturated heterocycles. The number of hydrogen-bond acceptors (Lipinski definition) is 3. The van der Waals surface area contributed by atoms with E-state index < -0.39 is 11.4 Å². The molecule has 0 amide bonds. The van der Waals surface area contributed by atoms with E-state index in [1.165, 1.54) is 12.1 Å². The standard InChI is InChI=1S/C22H14FIN4O/c23-17-6-2-4-8-19(17)28-22(29)21-20(26-28)16-5-1-3-7-18(16)27(25-21)13-14-9-11-15(24)12-10-14/h1-12H,13H2. The Hall–Kier alpha value is -3.07. The molecule has 0 spiro atoms. The minimum absolute atomic E-state index is 0.115. The van der Waals surface area contributed by atoms with Gasteiger partial charge in [-0.3, -0.25) is 9.48 Å². The van der Waals surface area contributed by atoms with Crippen LogP contribution in [0.15, 0.2) is 77.6 Å². The Bertz CT molecular complexity index is 1370. The Morgan fingerprint density at radius 3 is 2.38 bits per heavy atom. The SMILES string of the molecule is O=c1c2nn(Cc3ccc(I)cc3)c3ccccc3c-2nn1-c1ccccc1F. The molecule has 0 aromatic heterocycles. The fraction of sp³-hybridized carbons (Fsp3) is 0.0455. The van der Waals surface area contributed by atoms with E-state index in [1.54, 1.807) is 16.8 Å². The summed E-state index contributed by atoms with van der Waals surface area (Å²) < 4.78 is 18.3. The third kappa shape index (κ3) is 3.11. The van der Waals surface area contributed by atoms with E-state index in [0.29, 0.717) is 12.2 Å². The zero-order valence-corrected chi connectivity index (χ0v) is 17.2. The average molecular weight is 496 g/mol. The summed E-state index contributed by atoms with van der Waals surface area (Å²) in [6, 6.07) is 21.9. The minimum atomic E-state index is -0.506. The number of benzene rings is 3. The molecule has 0 aliphatic carbocycles. The molecule has 5 nitrogen and oxygen atoms in total. The number of para-hydroxylation sites is 2. The van der Waals surface area contributed by atoms with Crippen molar-refractivity contribution < 1.29 is 4.39 Å². The van der Waals surface area contributed by atoms with Gasteiger partial charge in [-0.05, 0) is 58.5 Å². The van der Waals surface area contributed by atoms with Crippen molar-refractivity contribution in [1.29, 1.82) is 0 Å². The Balaban J connectivity index is 1.76. The van der Waals surface area contributed by atoms with Gasteiger partial charge in [-0.15, -0.1) is 0 Å². The van der Waals surface area contributed by atoms with Gasteiger partial charge in [0.15, 0.2) is 5.69 Å². The Kier molecular flexibility index (Phi) is 4.39. The lowest BCUT2D eigenvalue weighted by Gasteiger charge is -2.12. The number of nitrogens with zero attached hydrogens (tertiary/aromatic N) is 4. The van der Waals surface area contributed by atoms with Crippen LogP contribution in [-0.2, 0) is 6.54 Å². The van der Waals surface area contributed by atoms with Crippen LogP contribution in [0.2, 0.25) is 0 Å². The number of hydrogen-bond donors (Lipinski definition) is 0. The van der Waals surface area contributed by atoms with Gasteiger partial charge in [-0.25, -0.2) is 4.39 Å². The van der Waals surface area contributed by atoms with Crippen LogP contribution < -0.4 is 5.56 Å². The van der Waals surface area contributed by atoms with Gasteiger partial charge in [-0.2, -0.15) is 14.9 Å². The van der Waals surface area contributed by atoms with E-state index in [1.807, 2.05) is 48.5 Å². The molecule has 7 heteroatoms. The molecule has 0 N–H and O–H groups in total. The lowest BCUT2D eigenvalue weighted by atomic mass is 10.1. The second-order valence-electron chi connectivity index (χ2n) is 6.67. The average Bonchev–Trinajstić information content (AvgIpc) is 3.07. The van der Waals surface area contributed by atoms with Crippen LogP contribution in [0, 0.1) is 9.39 Å². The van der Waals surface area contributed by atoms with Crippen molar-refractivity contribution >= 4 is 33.5 Å². The molecule has 0 bridgehead atoms. The van der Waals surface area contributed by atoms with E-state index in [0.717, 1.165) is 24.7 Å². The highest BCUT2D eigenvalue weighted by Gasteiger charge is 2.23. The van der Waals surface area contributed by atoms with Crippen molar-refractivity contribution in [3.8, 4) is 17.1 Å². The van der Waals surface area contributed by atoms with Crippen molar-refractivity contribution in [3.05, 3.63) is 98.1 Å². The van der Waals surface area contributed by atoms with E-state index in [-0.39, 0.29) is 11.4 Å². The molecule has 2 aliphatic heterocycles. The summed E-state index contributed by atoms with van der Waals surface area (Å²) in [5.74, 6) is -0.506. The van der Waals surface area contributed by atoms with Crippen molar-refractivity contribution in [2.45, 2.75) is 6.54 Å². The molecular formula is C22H14FIN4O. The Morgan fingerprint density at radius 1 is 0.862 bits per heavy atom. The normalized spacial score (nSPS) is 11.4. The Labute approximate surface area is 178 Å². The molecule has 5 rings (SSSR count). The van der Waals surface area contributed by atoms with Gasteiger partial charge in [0.2, 0.25) is 0 Å². The van der Waals surface area contributed by atoms with Gasteiger partial charge in [0.25, 0.3) is 0 Å². The summed E-state index contributed by atoms with van der Waals surface area (Å²) in [5.41, 5.74) is 2.29. The first-order chi connectivity index (χ1) is 14.1. The number of aromatic nitrogens is 4. The van der Waals surface area contributed by atoms with Gasteiger partial charge < -0.3 is 0 Å². The van der Waals surface area contributed by atoms with Crippen LogP contribution in [0.3, 0.4) is 0 Å². The number of fused-ring (bicyclic) bond motifs is 3. The lowest BCUT2D eigenvalue weighted by molar-refractivity contribution is 0.609. The zero-order valence-electron chi connectivity index (χ0n) is 15.1. The van der Waals surface area contributed by atoms with E-state index in [4.69, 9.17) is 0 Å². The highest BCUT2D eigenvalue weighted by molar-refractivity contribution is 14.1. The summed E-state index contributed by atoms with van der Waals surface area (Å²) >= 11 is 2.26. The van der Waals surface area contributed by atoms with Gasteiger partial charge in [0.1, 0.15) is 17.2 Å². The maximum Gasteiger partial charge on any atom is 0.301 e. The van der Waals surface area contributed by atoms with Crippen molar-refractivity contribution in [1.82, 2.24) is 19.6 Å². The van der Waals surface area contributed by atoms with Crippen LogP contribution in [0.5, 0.6) is 0 Å². The monoisotopic (exact) mass is 496 g/mol. The van der Waals surface area contributed by atoms with Crippen LogP contribution in [-0.4, -0.2) is 19.6 Å². The molecule has 29 heavy (non-hydrogen) atoms. The molecule has 0 radical (unpaired) electrons. The maximum atomic E-state index is 14.3. The summed E-state index contributed by atoms with van der Waals surface area (Å²) in [6.07, 6.45) is 0. The van der Waals surface area contributed by atoms with Crippen LogP contribution >= 0.6 is 22.6 Å². The molecule has 3 aromatic carbocycles. The highest BCUT2D eigenvalue weighted by atomic mass is 127. The topological polar surface area (TPSA) is 52.7 Å². The molecule has 142 valence electrons. The van der Waals surface area contributed by atoms with Gasteiger partial charge in [0, 0.05) is 8.96 Å². The smallest absolute Gasteiger partial charge is 0.265 e. The molecule has 0 fully saturated rings. The fourth-order valence-corrected chi connectivity index (χ4v) is 3.77. The first-order valence-corrected chi connectivity index (χ1v) is 10.1. The van der Waals surface area contributed by atoms with E-state index >= 15 is 0 Å². The maximum absolute atomic E-state index is 14.3. The van der Waals surface area contributed by atoms with E-state index in [9.17, 15) is 9.18 Å². The van der Waals surface area contributed by atoms with Crippen LogP contribution in [0.4, 0.5) is 4.39 Å². The second-order valence-corrected chi connectivity index (χ2v) is 7.91. The number of halogens is 2. The molecular weight excluding hydrogens is 482 g/mol. The van der Waals surface area contributed by atoms with Crippen LogP contribution in [0.1, 0.15) is 5.56 Å².